The van der Waals surface area contributed by atoms with Crippen molar-refractivity contribution in [3.63, 3.8) is 0 Å². The minimum atomic E-state index is 0.756. The summed E-state index contributed by atoms with van der Waals surface area (Å²) in [4.78, 5) is 0. The largest absolute Gasteiger partial charge is 0.165 e. The van der Waals surface area contributed by atoms with E-state index < -0.39 is 0 Å². The summed E-state index contributed by atoms with van der Waals surface area (Å²) < 4.78 is 0. The van der Waals surface area contributed by atoms with Gasteiger partial charge in [-0.25, -0.2) is 0 Å². The van der Waals surface area contributed by atoms with Crippen LogP contribution in [-0.2, 0) is 0 Å². The van der Waals surface area contributed by atoms with Gasteiger partial charge in [-0.3, -0.25) is 0 Å². The predicted octanol–water partition coefficient (Wildman–Crippen LogP) is 3.53. The lowest BCUT2D eigenvalue weighted by Crippen LogP contribution is -1.80. The molecule has 0 aromatic rings. The molecule has 0 aromatic carbocycles. The third-order valence-electron chi connectivity index (χ3n) is 1.65. The van der Waals surface area contributed by atoms with Gasteiger partial charge in [0.15, 0.2) is 0 Å². The Labute approximate surface area is 81.5 Å². The predicted molar refractivity (Wildman–Crippen MR) is 59.2 cm³/mol. The smallest absolute Gasteiger partial charge is 0.00890 e. The quantitative estimate of drug-likeness (QED) is 0.448. The molecule has 0 rings (SSSR count). The van der Waals surface area contributed by atoms with Crippen LogP contribution in [0.4, 0.5) is 0 Å². The van der Waals surface area contributed by atoms with Gasteiger partial charge in [0.2, 0.25) is 0 Å². The van der Waals surface area contributed by atoms with Crippen molar-refractivity contribution >= 4 is 11.8 Å². The van der Waals surface area contributed by atoms with Gasteiger partial charge in [-0.05, 0) is 31.8 Å². The minimum absolute atomic E-state index is 0.756. The highest BCUT2D eigenvalue weighted by atomic mass is 32.2. The molecule has 1 heteroatoms. The number of thioether (sulfide) groups is 1. The molecule has 0 aliphatic carbocycles. The third-order valence-corrected chi connectivity index (χ3v) is 2.35. The Hall–Kier alpha value is -0.0900. The topological polar surface area (TPSA) is 0 Å². The first kappa shape index (κ1) is 11.9. The summed E-state index contributed by atoms with van der Waals surface area (Å²) in [7, 11) is 0. The van der Waals surface area contributed by atoms with Crippen LogP contribution >= 0.6 is 11.8 Å². The summed E-state index contributed by atoms with van der Waals surface area (Å²) in [6, 6.07) is 0. The lowest BCUT2D eigenvalue weighted by atomic mass is 10.1. The highest BCUT2D eigenvalue weighted by Gasteiger charge is 1.87. The Bertz CT molecular complexity index is 130. The van der Waals surface area contributed by atoms with Crippen LogP contribution in [0.2, 0.25) is 0 Å². The standard InChI is InChI=1S/C11H19S/c1-3-4-5-6-7-8-9-10-11-12-2/h1,3,6-11H2,2H3. The summed E-state index contributed by atoms with van der Waals surface area (Å²) >= 11 is 1.94. The van der Waals surface area contributed by atoms with Crippen LogP contribution in [0, 0.1) is 18.8 Å². The molecule has 0 fully saturated rings. The monoisotopic (exact) mass is 183 g/mol. The molecule has 0 N–H and O–H groups in total. The second-order valence-corrected chi connectivity index (χ2v) is 3.75. The summed E-state index contributed by atoms with van der Waals surface area (Å²) in [6.45, 7) is 3.67. The molecule has 0 atom stereocenters. The van der Waals surface area contributed by atoms with Crippen LogP contribution in [0.1, 0.15) is 38.5 Å². The Kier molecular flexibility index (Phi) is 10.8. The van der Waals surface area contributed by atoms with Crippen molar-refractivity contribution in [1.82, 2.24) is 0 Å². The van der Waals surface area contributed by atoms with Gasteiger partial charge in [0.1, 0.15) is 0 Å². The van der Waals surface area contributed by atoms with Crippen molar-refractivity contribution in [2.24, 2.45) is 0 Å². The first-order valence-electron chi connectivity index (χ1n) is 4.65. The molecule has 0 amide bonds. The number of unbranched alkanes of at least 4 members (excludes halogenated alkanes) is 4. The minimum Gasteiger partial charge on any atom is -0.165 e. The molecule has 12 heavy (non-hydrogen) atoms. The van der Waals surface area contributed by atoms with Crippen molar-refractivity contribution in [3.8, 4) is 11.8 Å². The van der Waals surface area contributed by atoms with Gasteiger partial charge in [0, 0.05) is 12.8 Å². The van der Waals surface area contributed by atoms with Crippen LogP contribution in [0.25, 0.3) is 0 Å². The van der Waals surface area contributed by atoms with E-state index in [1.807, 2.05) is 11.8 Å². The SMILES string of the molecule is [CH2]CC#CCCCCCCSC. The number of hydrogen-bond acceptors (Lipinski definition) is 1. The van der Waals surface area contributed by atoms with Gasteiger partial charge in [-0.1, -0.05) is 12.8 Å². The average Bonchev–Trinajstić information content (AvgIpc) is 2.10. The van der Waals surface area contributed by atoms with Crippen LogP contribution in [-0.4, -0.2) is 12.0 Å². The lowest BCUT2D eigenvalue weighted by Gasteiger charge is -1.96. The summed E-state index contributed by atoms with van der Waals surface area (Å²) in [5.74, 6) is 7.40. The van der Waals surface area contributed by atoms with E-state index in [1.165, 1.54) is 31.4 Å². The van der Waals surface area contributed by atoms with Gasteiger partial charge in [0.25, 0.3) is 0 Å². The average molecular weight is 183 g/mol. The van der Waals surface area contributed by atoms with Crippen LogP contribution in [0.15, 0.2) is 0 Å². The van der Waals surface area contributed by atoms with E-state index in [0.717, 1.165) is 12.8 Å². The Morgan fingerprint density at radius 1 is 1.08 bits per heavy atom. The second kappa shape index (κ2) is 10.9. The Morgan fingerprint density at radius 2 is 1.83 bits per heavy atom. The second-order valence-electron chi connectivity index (χ2n) is 2.76. The van der Waals surface area contributed by atoms with Gasteiger partial charge in [-0.15, -0.1) is 11.8 Å². The zero-order valence-corrected chi connectivity index (χ0v) is 8.88. The number of rotatable bonds is 6. The molecule has 0 saturated carbocycles. The maximum Gasteiger partial charge on any atom is 0.00890 e. The van der Waals surface area contributed by atoms with Crippen molar-refractivity contribution in [3.05, 3.63) is 6.92 Å². The molecular formula is C11H19S. The van der Waals surface area contributed by atoms with E-state index in [9.17, 15) is 0 Å². The summed E-state index contributed by atoms with van der Waals surface area (Å²) in [5, 5.41) is 0. The van der Waals surface area contributed by atoms with E-state index >= 15 is 0 Å². The highest BCUT2D eigenvalue weighted by molar-refractivity contribution is 7.98. The molecule has 0 aromatic heterocycles. The maximum absolute atomic E-state index is 3.67. The molecule has 69 valence electrons. The zero-order chi connectivity index (χ0) is 9.07. The van der Waals surface area contributed by atoms with E-state index in [-0.39, 0.29) is 0 Å². The van der Waals surface area contributed by atoms with Crippen LogP contribution in [0.5, 0.6) is 0 Å². The molecular weight excluding hydrogens is 164 g/mol. The van der Waals surface area contributed by atoms with E-state index in [2.05, 4.69) is 25.0 Å². The summed E-state index contributed by atoms with van der Waals surface area (Å²) in [5.41, 5.74) is 0. The van der Waals surface area contributed by atoms with E-state index in [1.54, 1.807) is 0 Å². The van der Waals surface area contributed by atoms with Crippen LogP contribution in [0.3, 0.4) is 0 Å². The maximum atomic E-state index is 3.67. The third kappa shape index (κ3) is 9.91. The number of hydrogen-bond donors (Lipinski definition) is 0. The molecule has 0 aliphatic heterocycles. The fraction of sp³-hybridized carbons (Fsp3) is 0.727. The van der Waals surface area contributed by atoms with Crippen molar-refractivity contribution in [1.29, 1.82) is 0 Å². The fourth-order valence-electron chi connectivity index (χ4n) is 0.990. The molecule has 0 spiro atoms. The summed E-state index contributed by atoms with van der Waals surface area (Å²) in [6.07, 6.45) is 9.32. The van der Waals surface area contributed by atoms with Gasteiger partial charge in [0.05, 0.1) is 0 Å². The first-order chi connectivity index (χ1) is 5.91. The zero-order valence-electron chi connectivity index (χ0n) is 8.07. The van der Waals surface area contributed by atoms with Crippen LogP contribution < -0.4 is 0 Å². The Morgan fingerprint density at radius 3 is 2.50 bits per heavy atom. The molecule has 0 saturated heterocycles. The molecule has 0 heterocycles. The molecule has 0 aliphatic rings. The Balaban J connectivity index is 2.91. The molecule has 0 nitrogen and oxygen atoms in total. The van der Waals surface area contributed by atoms with Gasteiger partial charge in [-0.2, -0.15) is 11.8 Å². The highest BCUT2D eigenvalue weighted by Crippen LogP contribution is 2.05. The lowest BCUT2D eigenvalue weighted by molar-refractivity contribution is 0.683. The van der Waals surface area contributed by atoms with Gasteiger partial charge < -0.3 is 0 Å². The molecule has 0 unspecified atom stereocenters. The van der Waals surface area contributed by atoms with E-state index in [0.29, 0.717) is 0 Å². The van der Waals surface area contributed by atoms with Crippen molar-refractivity contribution < 1.29 is 0 Å². The van der Waals surface area contributed by atoms with Gasteiger partial charge >= 0.3 is 0 Å². The normalized spacial score (nSPS) is 9.17. The van der Waals surface area contributed by atoms with Crippen molar-refractivity contribution in [2.75, 3.05) is 12.0 Å². The molecule has 1 radical (unpaired) electrons. The first-order valence-corrected chi connectivity index (χ1v) is 6.05. The van der Waals surface area contributed by atoms with E-state index in [4.69, 9.17) is 0 Å². The molecule has 0 bridgehead atoms. The van der Waals surface area contributed by atoms with Crippen molar-refractivity contribution in [2.45, 2.75) is 38.5 Å². The fourth-order valence-corrected chi connectivity index (χ4v) is 1.48.